The molecule has 78 valence electrons. The Labute approximate surface area is 79.6 Å². The molecule has 0 unspecified atom stereocenters. The van der Waals surface area contributed by atoms with Crippen LogP contribution in [0.5, 0.6) is 0 Å². The van der Waals surface area contributed by atoms with E-state index in [0.717, 1.165) is 6.54 Å². The molecule has 0 aliphatic heterocycles. The number of hydrogen-bond acceptors (Lipinski definition) is 4. The zero-order valence-corrected chi connectivity index (χ0v) is 8.63. The molecular weight excluding hydrogens is 170 g/mol. The molecule has 0 saturated carbocycles. The largest absolute Gasteiger partial charge is 0.462 e. The van der Waals surface area contributed by atoms with Crippen LogP contribution < -0.4 is 5.32 Å². The smallest absolute Gasteiger partial charge is 0.320 e. The molecule has 4 nitrogen and oxygen atoms in total. The van der Waals surface area contributed by atoms with Gasteiger partial charge in [0.2, 0.25) is 0 Å². The van der Waals surface area contributed by atoms with Crippen molar-refractivity contribution in [2.75, 3.05) is 33.4 Å². The molecule has 0 atom stereocenters. The summed E-state index contributed by atoms with van der Waals surface area (Å²) in [7, 11) is 1.57. The average molecular weight is 189 g/mol. The van der Waals surface area contributed by atoms with Crippen molar-refractivity contribution in [3.63, 3.8) is 0 Å². The molecule has 0 spiro atoms. The Morgan fingerprint density at radius 2 is 2.08 bits per heavy atom. The lowest BCUT2D eigenvalue weighted by Crippen LogP contribution is -2.28. The van der Waals surface area contributed by atoms with Gasteiger partial charge in [0.1, 0.15) is 6.61 Å². The normalized spacial score (nSPS) is 10.5. The van der Waals surface area contributed by atoms with Crippen LogP contribution in [0.4, 0.5) is 0 Å². The van der Waals surface area contributed by atoms with E-state index < -0.39 is 0 Å². The van der Waals surface area contributed by atoms with E-state index in [-0.39, 0.29) is 12.5 Å². The minimum Gasteiger partial charge on any atom is -0.462 e. The predicted octanol–water partition coefficient (Wildman–Crippen LogP) is 0.422. The van der Waals surface area contributed by atoms with Crippen LogP contribution >= 0.6 is 0 Å². The molecule has 0 amide bonds. The third-order valence-corrected chi connectivity index (χ3v) is 1.37. The summed E-state index contributed by atoms with van der Waals surface area (Å²) in [5, 5.41) is 3.00. The van der Waals surface area contributed by atoms with Crippen LogP contribution in [0.1, 0.15) is 13.8 Å². The van der Waals surface area contributed by atoms with Crippen molar-refractivity contribution in [2.24, 2.45) is 5.92 Å². The summed E-state index contributed by atoms with van der Waals surface area (Å²) in [4.78, 5) is 11.0. The van der Waals surface area contributed by atoms with E-state index in [9.17, 15) is 4.79 Å². The fraction of sp³-hybridized carbons (Fsp3) is 0.889. The first kappa shape index (κ1) is 12.4. The molecular formula is C9H19NO3. The van der Waals surface area contributed by atoms with Gasteiger partial charge in [-0.15, -0.1) is 0 Å². The number of esters is 1. The van der Waals surface area contributed by atoms with Gasteiger partial charge in [0.25, 0.3) is 0 Å². The second-order valence-corrected chi connectivity index (χ2v) is 3.24. The summed E-state index contributed by atoms with van der Waals surface area (Å²) in [6.45, 7) is 6.07. The molecule has 0 radical (unpaired) electrons. The highest BCUT2D eigenvalue weighted by Crippen LogP contribution is 1.86. The lowest BCUT2D eigenvalue weighted by Gasteiger charge is -2.07. The van der Waals surface area contributed by atoms with E-state index in [1.54, 1.807) is 7.11 Å². The van der Waals surface area contributed by atoms with Crippen LogP contribution in [-0.4, -0.2) is 39.4 Å². The van der Waals surface area contributed by atoms with Gasteiger partial charge in [-0.1, -0.05) is 13.8 Å². The first-order valence-electron chi connectivity index (χ1n) is 4.52. The molecule has 0 aromatic rings. The van der Waals surface area contributed by atoms with Crippen molar-refractivity contribution in [2.45, 2.75) is 13.8 Å². The number of rotatable bonds is 7. The number of nitrogens with one attached hydrogen (secondary N) is 1. The summed E-state index contributed by atoms with van der Waals surface area (Å²) in [5.41, 5.74) is 0. The third-order valence-electron chi connectivity index (χ3n) is 1.37. The van der Waals surface area contributed by atoms with Gasteiger partial charge in [-0.25, -0.2) is 0 Å². The fourth-order valence-electron chi connectivity index (χ4n) is 0.753. The second kappa shape index (κ2) is 8.01. The van der Waals surface area contributed by atoms with E-state index in [4.69, 9.17) is 9.47 Å². The van der Waals surface area contributed by atoms with Crippen molar-refractivity contribution in [3.8, 4) is 0 Å². The minimum atomic E-state index is -0.224. The highest BCUT2D eigenvalue weighted by Gasteiger charge is 2.01. The monoisotopic (exact) mass is 189 g/mol. The van der Waals surface area contributed by atoms with E-state index in [1.165, 1.54) is 0 Å². The van der Waals surface area contributed by atoms with Crippen molar-refractivity contribution in [1.29, 1.82) is 0 Å². The van der Waals surface area contributed by atoms with Gasteiger partial charge in [0.05, 0.1) is 13.2 Å². The van der Waals surface area contributed by atoms with E-state index in [2.05, 4.69) is 19.2 Å². The molecule has 0 saturated heterocycles. The van der Waals surface area contributed by atoms with Crippen LogP contribution in [0.15, 0.2) is 0 Å². The first-order chi connectivity index (χ1) is 6.16. The molecule has 0 rings (SSSR count). The Morgan fingerprint density at radius 3 is 2.62 bits per heavy atom. The maximum atomic E-state index is 11.0. The van der Waals surface area contributed by atoms with Crippen molar-refractivity contribution in [1.82, 2.24) is 5.32 Å². The zero-order valence-electron chi connectivity index (χ0n) is 8.63. The highest BCUT2D eigenvalue weighted by atomic mass is 16.6. The van der Waals surface area contributed by atoms with Crippen LogP contribution in [0.2, 0.25) is 0 Å². The third kappa shape index (κ3) is 9.30. The van der Waals surface area contributed by atoms with Gasteiger partial charge in [-0.3, -0.25) is 4.79 Å². The Morgan fingerprint density at radius 1 is 1.38 bits per heavy atom. The molecule has 1 N–H and O–H groups in total. The maximum absolute atomic E-state index is 11.0. The molecule has 0 fully saturated rings. The standard InChI is InChI=1S/C9H19NO3/c1-8(2)6-10-7-9(11)13-5-4-12-3/h8,10H,4-7H2,1-3H3. The maximum Gasteiger partial charge on any atom is 0.320 e. The number of carbonyl (C=O) groups excluding carboxylic acids is 1. The van der Waals surface area contributed by atoms with Crippen molar-refractivity contribution in [3.05, 3.63) is 0 Å². The van der Waals surface area contributed by atoms with Crippen LogP contribution in [0, 0.1) is 5.92 Å². The minimum absolute atomic E-state index is 0.224. The van der Waals surface area contributed by atoms with Crippen LogP contribution in [0.3, 0.4) is 0 Å². The van der Waals surface area contributed by atoms with Gasteiger partial charge in [-0.2, -0.15) is 0 Å². The van der Waals surface area contributed by atoms with Crippen molar-refractivity contribution >= 4 is 5.97 Å². The van der Waals surface area contributed by atoms with Crippen molar-refractivity contribution < 1.29 is 14.3 Å². The lowest BCUT2D eigenvalue weighted by molar-refractivity contribution is -0.143. The number of carbonyl (C=O) groups is 1. The van der Waals surface area contributed by atoms with Gasteiger partial charge >= 0.3 is 5.97 Å². The fourth-order valence-corrected chi connectivity index (χ4v) is 0.753. The van der Waals surface area contributed by atoms with Crippen LogP contribution in [0.25, 0.3) is 0 Å². The number of ether oxygens (including phenoxy) is 2. The zero-order chi connectivity index (χ0) is 10.1. The molecule has 4 heteroatoms. The quantitative estimate of drug-likeness (QED) is 0.466. The molecule has 0 bridgehead atoms. The Kier molecular flexibility index (Phi) is 7.63. The molecule has 0 aliphatic rings. The van der Waals surface area contributed by atoms with Gasteiger partial charge in [0, 0.05) is 7.11 Å². The Hall–Kier alpha value is -0.610. The predicted molar refractivity (Wildman–Crippen MR) is 50.5 cm³/mol. The topological polar surface area (TPSA) is 47.6 Å². The Bertz CT molecular complexity index is 137. The molecule has 0 aliphatic carbocycles. The van der Waals surface area contributed by atoms with Crippen LogP contribution in [-0.2, 0) is 14.3 Å². The highest BCUT2D eigenvalue weighted by molar-refractivity contribution is 5.71. The van der Waals surface area contributed by atoms with E-state index >= 15 is 0 Å². The molecule has 0 aromatic heterocycles. The van der Waals surface area contributed by atoms with Gasteiger partial charge < -0.3 is 14.8 Å². The second-order valence-electron chi connectivity index (χ2n) is 3.24. The summed E-state index contributed by atoms with van der Waals surface area (Å²) in [6, 6.07) is 0. The van der Waals surface area contributed by atoms with Gasteiger partial charge in [-0.05, 0) is 12.5 Å². The van der Waals surface area contributed by atoms with E-state index in [1.807, 2.05) is 0 Å². The Balaban J connectivity index is 3.20. The summed E-state index contributed by atoms with van der Waals surface area (Å²) < 4.78 is 9.58. The number of methoxy groups -OCH3 is 1. The summed E-state index contributed by atoms with van der Waals surface area (Å²) in [5.74, 6) is 0.324. The van der Waals surface area contributed by atoms with Gasteiger partial charge in [0.15, 0.2) is 0 Å². The lowest BCUT2D eigenvalue weighted by atomic mass is 10.2. The summed E-state index contributed by atoms with van der Waals surface area (Å²) in [6.07, 6.45) is 0. The number of hydrogen-bond donors (Lipinski definition) is 1. The first-order valence-corrected chi connectivity index (χ1v) is 4.52. The molecule has 0 aromatic carbocycles. The van der Waals surface area contributed by atoms with E-state index in [0.29, 0.717) is 19.1 Å². The SMILES string of the molecule is COCCOC(=O)CNCC(C)C. The molecule has 13 heavy (non-hydrogen) atoms. The average Bonchev–Trinajstić information content (AvgIpc) is 2.04. The summed E-state index contributed by atoms with van der Waals surface area (Å²) >= 11 is 0. The molecule has 0 heterocycles.